The minimum Gasteiger partial charge on any atom is -0.326 e. The number of carbonyl (C=O) groups excluding carboxylic acids is 3. The Balaban J connectivity index is 1.60. The van der Waals surface area contributed by atoms with Gasteiger partial charge in [-0.3, -0.25) is 24.7 Å². The summed E-state index contributed by atoms with van der Waals surface area (Å²) >= 11 is 8.75. The third-order valence-corrected chi connectivity index (χ3v) is 6.02. The van der Waals surface area contributed by atoms with Crippen LogP contribution in [0.4, 0.5) is 20.2 Å². The van der Waals surface area contributed by atoms with Gasteiger partial charge in [-0.25, -0.2) is 13.8 Å². The van der Waals surface area contributed by atoms with E-state index in [9.17, 15) is 23.2 Å². The lowest BCUT2D eigenvalue weighted by atomic mass is 10.1. The van der Waals surface area contributed by atoms with Crippen LogP contribution in [0.5, 0.6) is 0 Å². The van der Waals surface area contributed by atoms with E-state index in [4.69, 9.17) is 12.2 Å². The van der Waals surface area contributed by atoms with Crippen LogP contribution in [0.15, 0.2) is 77.3 Å². The molecule has 1 aliphatic rings. The van der Waals surface area contributed by atoms with Crippen LogP contribution in [-0.4, -0.2) is 33.9 Å². The number of carbonyl (C=O) groups is 3. The van der Waals surface area contributed by atoms with Crippen LogP contribution in [0.3, 0.4) is 0 Å². The van der Waals surface area contributed by atoms with Gasteiger partial charge in [0.2, 0.25) is 11.0 Å². The Morgan fingerprint density at radius 2 is 1.66 bits per heavy atom. The number of halogens is 3. The van der Waals surface area contributed by atoms with Crippen LogP contribution >= 0.6 is 28.1 Å². The molecule has 1 aliphatic heterocycles. The molecule has 178 valence electrons. The summed E-state index contributed by atoms with van der Waals surface area (Å²) in [6, 6.07) is 15.7. The normalized spacial score (nSPS) is 15.3. The van der Waals surface area contributed by atoms with Crippen molar-refractivity contribution in [2.75, 3.05) is 10.2 Å². The second-order valence-electron chi connectivity index (χ2n) is 7.53. The second kappa shape index (κ2) is 10.3. The first kappa shape index (κ1) is 24.4. The molecule has 35 heavy (non-hydrogen) atoms. The summed E-state index contributed by atoms with van der Waals surface area (Å²) in [7, 11) is 0. The highest BCUT2D eigenvalue weighted by molar-refractivity contribution is 9.10. The van der Waals surface area contributed by atoms with Crippen LogP contribution in [0, 0.1) is 11.6 Å². The number of benzene rings is 3. The zero-order valence-electron chi connectivity index (χ0n) is 17.9. The first-order valence-corrected chi connectivity index (χ1v) is 11.5. The topological polar surface area (TPSA) is 81.8 Å². The third-order valence-electron chi connectivity index (χ3n) is 5.11. The Labute approximate surface area is 212 Å². The highest BCUT2D eigenvalue weighted by atomic mass is 79.9. The minimum absolute atomic E-state index is 0.00135. The van der Waals surface area contributed by atoms with Crippen molar-refractivity contribution in [3.8, 4) is 0 Å². The van der Waals surface area contributed by atoms with Crippen molar-refractivity contribution in [2.24, 2.45) is 0 Å². The summed E-state index contributed by atoms with van der Waals surface area (Å²) < 4.78 is 27.9. The Hall–Kier alpha value is -3.70. The molecule has 0 aromatic heterocycles. The van der Waals surface area contributed by atoms with Crippen molar-refractivity contribution in [1.29, 1.82) is 0 Å². The van der Waals surface area contributed by atoms with Gasteiger partial charge < -0.3 is 5.32 Å². The fourth-order valence-electron chi connectivity index (χ4n) is 3.45. The number of hydrogen-bond acceptors (Lipinski definition) is 4. The van der Waals surface area contributed by atoms with E-state index in [2.05, 4.69) is 26.7 Å². The zero-order chi connectivity index (χ0) is 25.1. The predicted molar refractivity (Wildman–Crippen MR) is 133 cm³/mol. The van der Waals surface area contributed by atoms with Crippen LogP contribution in [0.25, 0.3) is 0 Å². The molecule has 3 aromatic rings. The van der Waals surface area contributed by atoms with E-state index in [1.54, 1.807) is 24.3 Å². The van der Waals surface area contributed by atoms with E-state index in [1.807, 2.05) is 0 Å². The first-order valence-electron chi connectivity index (χ1n) is 10.3. The average molecular weight is 559 g/mol. The number of nitrogens with one attached hydrogen (secondary N) is 2. The molecule has 4 rings (SSSR count). The molecule has 1 unspecified atom stereocenters. The smallest absolute Gasteiger partial charge is 0.269 e. The van der Waals surface area contributed by atoms with Gasteiger partial charge in [0.05, 0.1) is 12.1 Å². The van der Waals surface area contributed by atoms with E-state index in [1.165, 1.54) is 30.3 Å². The number of rotatable bonds is 6. The molecule has 1 atom stereocenters. The Kier molecular flexibility index (Phi) is 7.17. The molecule has 0 saturated carbocycles. The van der Waals surface area contributed by atoms with Crippen LogP contribution in [-0.2, 0) is 9.59 Å². The van der Waals surface area contributed by atoms with Crippen molar-refractivity contribution >= 4 is 62.4 Å². The van der Waals surface area contributed by atoms with E-state index in [0.29, 0.717) is 5.69 Å². The van der Waals surface area contributed by atoms with Gasteiger partial charge in [-0.15, -0.1) is 0 Å². The van der Waals surface area contributed by atoms with Crippen LogP contribution in [0.2, 0.25) is 0 Å². The quantitative estimate of drug-likeness (QED) is 0.438. The summed E-state index contributed by atoms with van der Waals surface area (Å²) in [6.07, 6.45) is -0.351. The summed E-state index contributed by atoms with van der Waals surface area (Å²) in [5, 5.41) is 3.67. The van der Waals surface area contributed by atoms with Crippen molar-refractivity contribution in [1.82, 2.24) is 10.4 Å². The molecule has 3 aromatic carbocycles. The summed E-state index contributed by atoms with van der Waals surface area (Å²) in [6.45, 7) is 0. The highest BCUT2D eigenvalue weighted by Gasteiger charge is 2.45. The second-order valence-corrected chi connectivity index (χ2v) is 8.81. The number of amides is 3. The predicted octanol–water partition coefficient (Wildman–Crippen LogP) is 4.40. The number of nitrogens with zero attached hydrogens (tertiary/aromatic N) is 2. The first-order chi connectivity index (χ1) is 16.7. The molecule has 0 spiro atoms. The summed E-state index contributed by atoms with van der Waals surface area (Å²) in [4.78, 5) is 40.0. The minimum atomic E-state index is -1.19. The molecular formula is C24H17BrF2N4O3S. The Morgan fingerprint density at radius 1 is 0.971 bits per heavy atom. The maximum atomic E-state index is 13.6. The fourth-order valence-corrected chi connectivity index (χ4v) is 4.08. The number of anilines is 2. The highest BCUT2D eigenvalue weighted by Crippen LogP contribution is 2.27. The maximum absolute atomic E-state index is 13.6. The molecule has 7 nitrogen and oxygen atoms in total. The van der Waals surface area contributed by atoms with Crippen LogP contribution < -0.4 is 15.6 Å². The van der Waals surface area contributed by atoms with Gasteiger partial charge in [-0.2, -0.15) is 0 Å². The molecule has 1 fully saturated rings. The lowest BCUT2D eigenvalue weighted by molar-refractivity contribution is -0.124. The molecule has 11 heteroatoms. The van der Waals surface area contributed by atoms with E-state index in [-0.39, 0.29) is 22.8 Å². The molecule has 1 heterocycles. The molecule has 0 radical (unpaired) electrons. The molecular weight excluding hydrogens is 542 g/mol. The molecule has 0 bridgehead atoms. The van der Waals surface area contributed by atoms with E-state index >= 15 is 0 Å². The maximum Gasteiger partial charge on any atom is 0.269 e. The van der Waals surface area contributed by atoms with Gasteiger partial charge in [-0.05, 0) is 78.9 Å². The number of thiocarbonyl (C=S) groups is 1. The van der Waals surface area contributed by atoms with Gasteiger partial charge in [0, 0.05) is 15.7 Å². The average Bonchev–Trinajstić information content (AvgIpc) is 3.05. The fraction of sp³-hybridized carbons (Fsp3) is 0.0833. The van der Waals surface area contributed by atoms with Crippen LogP contribution in [0.1, 0.15) is 16.8 Å². The Morgan fingerprint density at radius 3 is 2.31 bits per heavy atom. The van der Waals surface area contributed by atoms with Crippen molar-refractivity contribution in [3.05, 3.63) is 94.5 Å². The van der Waals surface area contributed by atoms with Crippen molar-refractivity contribution in [3.63, 3.8) is 0 Å². The lowest BCUT2D eigenvalue weighted by Crippen LogP contribution is -2.49. The largest absolute Gasteiger partial charge is 0.326 e. The molecule has 2 N–H and O–H groups in total. The third kappa shape index (κ3) is 5.52. The van der Waals surface area contributed by atoms with E-state index < -0.39 is 35.4 Å². The van der Waals surface area contributed by atoms with Gasteiger partial charge in [0.25, 0.3) is 11.8 Å². The van der Waals surface area contributed by atoms with Crippen molar-refractivity contribution < 1.29 is 23.2 Å². The summed E-state index contributed by atoms with van der Waals surface area (Å²) in [5.41, 5.74) is 3.28. The molecule has 1 saturated heterocycles. The van der Waals surface area contributed by atoms with Crippen molar-refractivity contribution in [2.45, 2.75) is 12.5 Å². The standard InChI is InChI=1S/C24H17BrF2N4O3S/c25-15-4-8-18(9-5-15)28-21(32)13-20-23(34)30(19-10-6-16(26)7-11-19)24(35)31(20)29-22(33)14-2-1-3-17(27)12-14/h1-12,20H,13H2,(H,28,32)(H,29,33). The van der Waals surface area contributed by atoms with Gasteiger partial charge in [0.15, 0.2) is 0 Å². The Bertz CT molecular complexity index is 1300. The SMILES string of the molecule is O=C(CC1C(=O)N(c2ccc(F)cc2)C(=S)N1NC(=O)c1cccc(F)c1)Nc1ccc(Br)cc1. The van der Waals surface area contributed by atoms with Gasteiger partial charge in [0.1, 0.15) is 17.7 Å². The number of hydrogen-bond donors (Lipinski definition) is 2. The molecule has 0 aliphatic carbocycles. The van der Waals surface area contributed by atoms with E-state index in [0.717, 1.165) is 32.6 Å². The summed E-state index contributed by atoms with van der Waals surface area (Å²) in [5.74, 6) is -2.94. The number of hydrazine groups is 1. The van der Waals surface area contributed by atoms with Gasteiger partial charge in [-0.1, -0.05) is 22.0 Å². The lowest BCUT2D eigenvalue weighted by Gasteiger charge is -2.24. The molecule has 3 amide bonds. The monoisotopic (exact) mass is 558 g/mol. The zero-order valence-corrected chi connectivity index (χ0v) is 20.3. The van der Waals surface area contributed by atoms with Gasteiger partial charge >= 0.3 is 0 Å².